The maximum Gasteiger partial charge on any atom is 0.258 e. The number of hydrogen-bond donors (Lipinski definition) is 1. The lowest BCUT2D eigenvalue weighted by atomic mass is 10.1. The molecular formula is C24H22N4O3. The average Bonchev–Trinajstić information content (AvgIpc) is 2.80. The highest BCUT2D eigenvalue weighted by Gasteiger charge is 2.23. The number of likely N-dealkylation sites (tertiary alicyclic amines) is 1. The molecule has 2 aromatic carbocycles. The number of hydrogen-bond acceptors (Lipinski definition) is 5. The lowest BCUT2D eigenvalue weighted by Crippen LogP contribution is -2.42. The summed E-state index contributed by atoms with van der Waals surface area (Å²) in [6.45, 7) is 1.01. The molecule has 1 amide bonds. The van der Waals surface area contributed by atoms with Gasteiger partial charge in [-0.3, -0.25) is 14.6 Å². The van der Waals surface area contributed by atoms with Gasteiger partial charge in [0.1, 0.15) is 0 Å². The first kappa shape index (κ1) is 19.4. The SMILES string of the molecule is Cn1ccc2cc(-c3cnc4ccc(C(=O)N5CCC[C@H](O)C5)cc4n3)ccc2c1=O. The van der Waals surface area contributed by atoms with E-state index in [-0.39, 0.29) is 11.5 Å². The second-order valence-electron chi connectivity index (χ2n) is 8.04. The molecule has 0 saturated carbocycles. The number of nitrogens with zero attached hydrogens (tertiary/aromatic N) is 4. The molecule has 3 heterocycles. The highest BCUT2D eigenvalue weighted by atomic mass is 16.3. The van der Waals surface area contributed by atoms with Gasteiger partial charge in [0.2, 0.25) is 0 Å². The van der Waals surface area contributed by atoms with Crippen LogP contribution in [0.3, 0.4) is 0 Å². The summed E-state index contributed by atoms with van der Waals surface area (Å²) in [5.41, 5.74) is 3.35. The van der Waals surface area contributed by atoms with Crippen molar-refractivity contribution >= 4 is 27.7 Å². The molecule has 5 rings (SSSR count). The lowest BCUT2D eigenvalue weighted by molar-refractivity contribution is 0.0474. The summed E-state index contributed by atoms with van der Waals surface area (Å²) < 4.78 is 1.55. The van der Waals surface area contributed by atoms with Gasteiger partial charge in [-0.05, 0) is 54.6 Å². The van der Waals surface area contributed by atoms with Crippen LogP contribution in [0.1, 0.15) is 23.2 Å². The predicted molar refractivity (Wildman–Crippen MR) is 119 cm³/mol. The predicted octanol–water partition coefficient (Wildman–Crippen LogP) is 2.75. The Morgan fingerprint density at radius 2 is 2.00 bits per heavy atom. The van der Waals surface area contributed by atoms with E-state index in [2.05, 4.69) is 4.98 Å². The van der Waals surface area contributed by atoms with E-state index in [9.17, 15) is 14.7 Å². The normalized spacial score (nSPS) is 16.7. The Labute approximate surface area is 178 Å². The van der Waals surface area contributed by atoms with Crippen molar-refractivity contribution in [3.8, 4) is 11.3 Å². The van der Waals surface area contributed by atoms with Crippen LogP contribution in [0.25, 0.3) is 33.1 Å². The van der Waals surface area contributed by atoms with Gasteiger partial charge in [-0.1, -0.05) is 6.07 Å². The number of benzene rings is 2. The Morgan fingerprint density at radius 1 is 1.13 bits per heavy atom. The number of aryl methyl sites for hydroxylation is 1. The fourth-order valence-electron chi connectivity index (χ4n) is 4.11. The summed E-state index contributed by atoms with van der Waals surface area (Å²) in [5.74, 6) is -0.102. The van der Waals surface area contributed by atoms with Crippen molar-refractivity contribution < 1.29 is 9.90 Å². The minimum absolute atomic E-state index is 0.0420. The van der Waals surface area contributed by atoms with Gasteiger partial charge in [-0.2, -0.15) is 0 Å². The molecule has 0 radical (unpaired) electrons. The maximum absolute atomic E-state index is 12.9. The minimum Gasteiger partial charge on any atom is -0.391 e. The molecule has 156 valence electrons. The van der Waals surface area contributed by atoms with E-state index in [0.29, 0.717) is 40.8 Å². The number of fused-ring (bicyclic) bond motifs is 2. The zero-order valence-electron chi connectivity index (χ0n) is 17.2. The van der Waals surface area contributed by atoms with Crippen LogP contribution in [0.2, 0.25) is 0 Å². The molecule has 7 heteroatoms. The molecule has 1 aliphatic heterocycles. The molecule has 0 aliphatic carbocycles. The van der Waals surface area contributed by atoms with Gasteiger partial charge in [0.25, 0.3) is 11.5 Å². The van der Waals surface area contributed by atoms with Crippen LogP contribution in [0, 0.1) is 0 Å². The summed E-state index contributed by atoms with van der Waals surface area (Å²) in [6, 6.07) is 12.8. The third kappa shape index (κ3) is 3.57. The topological polar surface area (TPSA) is 88.3 Å². The number of carbonyl (C=O) groups excluding carboxylic acids is 1. The van der Waals surface area contributed by atoms with E-state index in [1.54, 1.807) is 53.2 Å². The maximum atomic E-state index is 12.9. The van der Waals surface area contributed by atoms with Crippen molar-refractivity contribution in [2.75, 3.05) is 13.1 Å². The van der Waals surface area contributed by atoms with E-state index >= 15 is 0 Å². The number of aromatic nitrogens is 3. The third-order valence-electron chi connectivity index (χ3n) is 5.85. The second kappa shape index (κ2) is 7.59. The Bertz CT molecular complexity index is 1380. The molecule has 0 unspecified atom stereocenters. The highest BCUT2D eigenvalue weighted by Crippen LogP contribution is 2.24. The summed E-state index contributed by atoms with van der Waals surface area (Å²) in [7, 11) is 1.73. The van der Waals surface area contributed by atoms with Crippen LogP contribution in [0.4, 0.5) is 0 Å². The van der Waals surface area contributed by atoms with Gasteiger partial charge in [-0.15, -0.1) is 0 Å². The Hall–Kier alpha value is -3.58. The fraction of sp³-hybridized carbons (Fsp3) is 0.250. The molecule has 31 heavy (non-hydrogen) atoms. The standard InChI is InChI=1S/C24H22N4O3/c1-27-10-8-15-11-16(4-6-19(15)24(27)31)22-13-25-20-7-5-17(12-21(20)26-22)23(30)28-9-2-3-18(29)14-28/h4-8,10-13,18,29H,2-3,9,14H2,1H3/t18-/m0/s1. The van der Waals surface area contributed by atoms with Crippen LogP contribution in [0.5, 0.6) is 0 Å². The van der Waals surface area contributed by atoms with Gasteiger partial charge in [0.15, 0.2) is 0 Å². The Kier molecular flexibility index (Phi) is 4.75. The molecule has 1 fully saturated rings. The van der Waals surface area contributed by atoms with Crippen LogP contribution >= 0.6 is 0 Å². The van der Waals surface area contributed by atoms with Crippen molar-refractivity contribution in [2.24, 2.45) is 7.05 Å². The van der Waals surface area contributed by atoms with Crippen molar-refractivity contribution in [2.45, 2.75) is 18.9 Å². The number of aliphatic hydroxyl groups is 1. The zero-order valence-corrected chi connectivity index (χ0v) is 17.2. The number of β-amino-alcohol motifs (C(OH)–C–C–N with tert-alkyl or cyclic N) is 1. The first-order chi connectivity index (χ1) is 15.0. The number of pyridine rings is 1. The Balaban J connectivity index is 1.52. The lowest BCUT2D eigenvalue weighted by Gasteiger charge is -2.30. The van der Waals surface area contributed by atoms with Crippen LogP contribution in [0.15, 0.2) is 59.7 Å². The van der Waals surface area contributed by atoms with Crippen molar-refractivity contribution in [3.05, 3.63) is 70.8 Å². The van der Waals surface area contributed by atoms with Gasteiger partial charge in [-0.25, -0.2) is 4.98 Å². The van der Waals surface area contributed by atoms with Crippen molar-refractivity contribution in [1.82, 2.24) is 19.4 Å². The second-order valence-corrected chi connectivity index (χ2v) is 8.04. The summed E-state index contributed by atoms with van der Waals surface area (Å²) in [4.78, 5) is 36.1. The van der Waals surface area contributed by atoms with E-state index in [0.717, 1.165) is 23.8 Å². The van der Waals surface area contributed by atoms with Crippen LogP contribution in [-0.2, 0) is 7.05 Å². The minimum atomic E-state index is -0.464. The molecule has 0 spiro atoms. The van der Waals surface area contributed by atoms with Gasteiger partial charge < -0.3 is 14.6 Å². The Morgan fingerprint density at radius 3 is 2.84 bits per heavy atom. The van der Waals surface area contributed by atoms with Crippen molar-refractivity contribution in [3.63, 3.8) is 0 Å². The van der Waals surface area contributed by atoms with E-state index in [1.807, 2.05) is 18.2 Å². The van der Waals surface area contributed by atoms with Crippen LogP contribution < -0.4 is 5.56 Å². The molecule has 2 aromatic heterocycles. The zero-order chi connectivity index (χ0) is 21.5. The number of piperidine rings is 1. The summed E-state index contributed by atoms with van der Waals surface area (Å²) >= 11 is 0. The summed E-state index contributed by atoms with van der Waals surface area (Å²) in [5, 5.41) is 11.4. The molecule has 7 nitrogen and oxygen atoms in total. The first-order valence-electron chi connectivity index (χ1n) is 10.3. The largest absolute Gasteiger partial charge is 0.391 e. The number of rotatable bonds is 2. The average molecular weight is 414 g/mol. The monoisotopic (exact) mass is 414 g/mol. The first-order valence-corrected chi connectivity index (χ1v) is 10.3. The van der Waals surface area contributed by atoms with E-state index in [4.69, 9.17) is 4.98 Å². The summed E-state index contributed by atoms with van der Waals surface area (Å²) in [6.07, 6.45) is 4.52. The molecule has 1 aliphatic rings. The quantitative estimate of drug-likeness (QED) is 0.545. The van der Waals surface area contributed by atoms with Gasteiger partial charge in [0, 0.05) is 42.8 Å². The molecule has 1 saturated heterocycles. The van der Waals surface area contributed by atoms with Crippen LogP contribution in [-0.4, -0.2) is 49.6 Å². The molecule has 4 aromatic rings. The fourth-order valence-corrected chi connectivity index (χ4v) is 4.11. The number of carbonyl (C=O) groups is 1. The van der Waals surface area contributed by atoms with Gasteiger partial charge >= 0.3 is 0 Å². The molecule has 1 atom stereocenters. The smallest absolute Gasteiger partial charge is 0.258 e. The molecule has 0 bridgehead atoms. The third-order valence-corrected chi connectivity index (χ3v) is 5.85. The van der Waals surface area contributed by atoms with E-state index in [1.165, 1.54) is 0 Å². The van der Waals surface area contributed by atoms with Gasteiger partial charge in [0.05, 0.1) is 29.0 Å². The molecule has 1 N–H and O–H groups in total. The highest BCUT2D eigenvalue weighted by molar-refractivity contribution is 5.97. The number of amides is 1. The number of aliphatic hydroxyl groups excluding tert-OH is 1. The van der Waals surface area contributed by atoms with Crippen molar-refractivity contribution in [1.29, 1.82) is 0 Å². The molecular weight excluding hydrogens is 392 g/mol. The van der Waals surface area contributed by atoms with E-state index < -0.39 is 6.10 Å².